The summed E-state index contributed by atoms with van der Waals surface area (Å²) >= 11 is 0. The van der Waals surface area contributed by atoms with E-state index in [1.54, 1.807) is 13.3 Å². The molecule has 0 aliphatic carbocycles. The predicted molar refractivity (Wildman–Crippen MR) is 75.9 cm³/mol. The van der Waals surface area contributed by atoms with E-state index in [2.05, 4.69) is 9.97 Å². The van der Waals surface area contributed by atoms with Gasteiger partial charge in [0.15, 0.2) is 0 Å². The van der Waals surface area contributed by atoms with Crippen LogP contribution in [0.2, 0.25) is 0 Å². The maximum absolute atomic E-state index is 11.4. The summed E-state index contributed by atoms with van der Waals surface area (Å²) < 4.78 is 9.92. The number of pyridine rings is 1. The van der Waals surface area contributed by atoms with Crippen LogP contribution in [0.25, 0.3) is 21.8 Å². The van der Waals surface area contributed by atoms with Gasteiger partial charge in [-0.3, -0.25) is 9.78 Å². The Labute approximate surface area is 115 Å². The molecule has 0 bridgehead atoms. The number of esters is 1. The molecular weight excluding hydrogens is 256 g/mol. The maximum Gasteiger partial charge on any atom is 0.311 e. The number of nitrogens with one attached hydrogen (secondary N) is 1. The summed E-state index contributed by atoms with van der Waals surface area (Å²) in [6.07, 6.45) is 1.86. The number of hydrogen-bond acceptors (Lipinski definition) is 4. The van der Waals surface area contributed by atoms with Crippen LogP contribution in [-0.2, 0) is 16.0 Å². The van der Waals surface area contributed by atoms with E-state index >= 15 is 0 Å². The van der Waals surface area contributed by atoms with Crippen LogP contribution < -0.4 is 4.74 Å². The van der Waals surface area contributed by atoms with E-state index in [9.17, 15) is 4.79 Å². The molecule has 0 unspecified atom stereocenters. The highest BCUT2D eigenvalue weighted by Gasteiger charge is 2.12. The molecule has 1 N–H and O–H groups in total. The predicted octanol–water partition coefficient (Wildman–Crippen LogP) is 2.44. The molecule has 0 atom stereocenters. The number of fused-ring (bicyclic) bond motifs is 3. The van der Waals surface area contributed by atoms with Gasteiger partial charge in [0.05, 0.1) is 37.4 Å². The molecule has 0 fully saturated rings. The Kier molecular flexibility index (Phi) is 3.02. The van der Waals surface area contributed by atoms with Gasteiger partial charge in [-0.05, 0) is 18.2 Å². The highest BCUT2D eigenvalue weighted by molar-refractivity contribution is 6.08. The van der Waals surface area contributed by atoms with Crippen molar-refractivity contribution in [1.82, 2.24) is 9.97 Å². The van der Waals surface area contributed by atoms with Gasteiger partial charge in [-0.1, -0.05) is 0 Å². The van der Waals surface area contributed by atoms with Crippen molar-refractivity contribution in [2.75, 3.05) is 14.2 Å². The SMILES string of the molecule is COC(=O)Cc1nccc2c1[nH]c1cc(OC)ccc12. The molecule has 2 heterocycles. The first-order valence-electron chi connectivity index (χ1n) is 6.23. The summed E-state index contributed by atoms with van der Waals surface area (Å²) in [6, 6.07) is 7.77. The number of ether oxygens (including phenoxy) is 2. The Morgan fingerprint density at radius 3 is 2.85 bits per heavy atom. The number of aromatic nitrogens is 2. The smallest absolute Gasteiger partial charge is 0.311 e. The van der Waals surface area contributed by atoms with Crippen LogP contribution in [0.1, 0.15) is 5.69 Å². The van der Waals surface area contributed by atoms with Crippen molar-refractivity contribution in [3.63, 3.8) is 0 Å². The molecule has 0 saturated heterocycles. The van der Waals surface area contributed by atoms with Gasteiger partial charge in [0, 0.05) is 23.0 Å². The second-order valence-corrected chi connectivity index (χ2v) is 4.47. The fourth-order valence-electron chi connectivity index (χ4n) is 2.34. The van der Waals surface area contributed by atoms with Gasteiger partial charge < -0.3 is 14.5 Å². The summed E-state index contributed by atoms with van der Waals surface area (Å²) in [5.74, 6) is 0.479. The molecule has 3 aromatic rings. The summed E-state index contributed by atoms with van der Waals surface area (Å²) in [5, 5.41) is 2.12. The number of carbonyl (C=O) groups is 1. The minimum atomic E-state index is -0.304. The summed E-state index contributed by atoms with van der Waals surface area (Å²) in [6.45, 7) is 0. The van der Waals surface area contributed by atoms with E-state index in [4.69, 9.17) is 9.47 Å². The monoisotopic (exact) mass is 270 g/mol. The van der Waals surface area contributed by atoms with Gasteiger partial charge in [0.25, 0.3) is 0 Å². The normalized spacial score (nSPS) is 10.9. The van der Waals surface area contributed by atoms with Crippen molar-refractivity contribution in [3.05, 3.63) is 36.2 Å². The van der Waals surface area contributed by atoms with Crippen molar-refractivity contribution in [2.24, 2.45) is 0 Å². The summed E-state index contributed by atoms with van der Waals surface area (Å²) in [5.41, 5.74) is 2.50. The van der Waals surface area contributed by atoms with E-state index in [0.717, 1.165) is 27.6 Å². The van der Waals surface area contributed by atoms with E-state index < -0.39 is 0 Å². The zero-order chi connectivity index (χ0) is 14.1. The molecule has 0 amide bonds. The van der Waals surface area contributed by atoms with Crippen LogP contribution in [0, 0.1) is 0 Å². The molecule has 0 aliphatic rings. The molecule has 20 heavy (non-hydrogen) atoms. The van der Waals surface area contributed by atoms with Crippen LogP contribution in [0.15, 0.2) is 30.5 Å². The van der Waals surface area contributed by atoms with Gasteiger partial charge in [-0.25, -0.2) is 0 Å². The van der Waals surface area contributed by atoms with Crippen molar-refractivity contribution in [1.29, 1.82) is 0 Å². The minimum absolute atomic E-state index is 0.151. The lowest BCUT2D eigenvalue weighted by atomic mass is 10.1. The van der Waals surface area contributed by atoms with E-state index in [-0.39, 0.29) is 12.4 Å². The Hall–Kier alpha value is -2.56. The fraction of sp³-hybridized carbons (Fsp3) is 0.200. The van der Waals surface area contributed by atoms with Gasteiger partial charge in [-0.2, -0.15) is 0 Å². The van der Waals surface area contributed by atoms with Crippen molar-refractivity contribution in [2.45, 2.75) is 6.42 Å². The number of H-pyrrole nitrogens is 1. The van der Waals surface area contributed by atoms with Gasteiger partial charge in [-0.15, -0.1) is 0 Å². The molecule has 5 nitrogen and oxygen atoms in total. The minimum Gasteiger partial charge on any atom is -0.497 e. The number of nitrogens with zero attached hydrogens (tertiary/aromatic N) is 1. The molecule has 0 saturated carbocycles. The lowest BCUT2D eigenvalue weighted by Crippen LogP contribution is -2.06. The fourth-order valence-corrected chi connectivity index (χ4v) is 2.34. The zero-order valence-corrected chi connectivity index (χ0v) is 11.3. The lowest BCUT2D eigenvalue weighted by molar-refractivity contribution is -0.139. The quantitative estimate of drug-likeness (QED) is 0.742. The van der Waals surface area contributed by atoms with Crippen LogP contribution in [-0.4, -0.2) is 30.2 Å². The molecule has 102 valence electrons. The number of methoxy groups -OCH3 is 2. The van der Waals surface area contributed by atoms with Gasteiger partial charge in [0.1, 0.15) is 5.75 Å². The zero-order valence-electron chi connectivity index (χ0n) is 11.3. The first-order chi connectivity index (χ1) is 9.72. The van der Waals surface area contributed by atoms with E-state index in [1.807, 2.05) is 24.3 Å². The Morgan fingerprint density at radius 1 is 1.25 bits per heavy atom. The maximum atomic E-state index is 11.4. The molecule has 2 aromatic heterocycles. The average molecular weight is 270 g/mol. The van der Waals surface area contributed by atoms with Crippen LogP contribution in [0.5, 0.6) is 5.75 Å². The average Bonchev–Trinajstić information content (AvgIpc) is 2.85. The molecular formula is C15H14N2O3. The van der Waals surface area contributed by atoms with Crippen LogP contribution in [0.4, 0.5) is 0 Å². The highest BCUT2D eigenvalue weighted by Crippen LogP contribution is 2.29. The third-order valence-corrected chi connectivity index (χ3v) is 3.35. The molecule has 5 heteroatoms. The van der Waals surface area contributed by atoms with Crippen molar-refractivity contribution in [3.8, 4) is 5.75 Å². The summed E-state index contributed by atoms with van der Waals surface area (Å²) in [4.78, 5) is 19.0. The molecule has 0 spiro atoms. The number of rotatable bonds is 3. The molecule has 3 rings (SSSR count). The first kappa shape index (κ1) is 12.5. The van der Waals surface area contributed by atoms with E-state index in [1.165, 1.54) is 7.11 Å². The second-order valence-electron chi connectivity index (χ2n) is 4.47. The number of aromatic amines is 1. The largest absolute Gasteiger partial charge is 0.497 e. The molecule has 1 aromatic carbocycles. The number of carbonyl (C=O) groups excluding carboxylic acids is 1. The standard InChI is InChI=1S/C15H14N2O3/c1-19-9-3-4-10-11-5-6-16-13(8-14(18)20-2)15(11)17-12(10)7-9/h3-7,17H,8H2,1-2H3. The van der Waals surface area contributed by atoms with Gasteiger partial charge >= 0.3 is 5.97 Å². The van der Waals surface area contributed by atoms with Crippen LogP contribution >= 0.6 is 0 Å². The number of benzene rings is 1. The Bertz CT molecular complexity index is 792. The molecule has 0 aliphatic heterocycles. The Balaban J connectivity index is 2.21. The second kappa shape index (κ2) is 4.85. The van der Waals surface area contributed by atoms with Gasteiger partial charge in [0.2, 0.25) is 0 Å². The first-order valence-corrected chi connectivity index (χ1v) is 6.23. The highest BCUT2D eigenvalue weighted by atomic mass is 16.5. The third kappa shape index (κ3) is 1.97. The topological polar surface area (TPSA) is 64.2 Å². The Morgan fingerprint density at radius 2 is 2.10 bits per heavy atom. The lowest BCUT2D eigenvalue weighted by Gasteiger charge is -2.00. The van der Waals surface area contributed by atoms with E-state index in [0.29, 0.717) is 5.69 Å². The number of hydrogen-bond donors (Lipinski definition) is 1. The molecule has 0 radical (unpaired) electrons. The third-order valence-electron chi connectivity index (χ3n) is 3.35. The summed E-state index contributed by atoms with van der Waals surface area (Å²) in [7, 11) is 3.01. The van der Waals surface area contributed by atoms with Crippen LogP contribution in [0.3, 0.4) is 0 Å². The van der Waals surface area contributed by atoms with Crippen molar-refractivity contribution < 1.29 is 14.3 Å². The van der Waals surface area contributed by atoms with Crippen molar-refractivity contribution >= 4 is 27.8 Å².